The van der Waals surface area contributed by atoms with Crippen LogP contribution >= 0.6 is 15.9 Å². The summed E-state index contributed by atoms with van der Waals surface area (Å²) in [5.41, 5.74) is 3.97. The summed E-state index contributed by atoms with van der Waals surface area (Å²) in [6, 6.07) is 17.5. The molecule has 0 aromatic heterocycles. The Bertz CT molecular complexity index is 522. The molecule has 1 atom stereocenters. The van der Waals surface area contributed by atoms with E-state index in [-0.39, 0.29) is 6.04 Å². The van der Waals surface area contributed by atoms with Crippen LogP contribution in [0.5, 0.6) is 0 Å². The minimum Gasteiger partial charge on any atom is -0.309 e. The topological polar surface area (TPSA) is 12.0 Å². The van der Waals surface area contributed by atoms with E-state index in [1.54, 1.807) is 0 Å². The van der Waals surface area contributed by atoms with Gasteiger partial charge in [0.05, 0.1) is 6.04 Å². The first kappa shape index (κ1) is 13.3. The maximum absolute atomic E-state index is 3.53. The monoisotopic (exact) mass is 303 g/mol. The third-order valence-corrected chi connectivity index (χ3v) is 3.66. The number of aryl methyl sites for hydroxylation is 1. The van der Waals surface area contributed by atoms with Gasteiger partial charge in [0.1, 0.15) is 0 Å². The lowest BCUT2D eigenvalue weighted by Gasteiger charge is -2.18. The zero-order chi connectivity index (χ0) is 13.0. The molecule has 2 rings (SSSR count). The van der Waals surface area contributed by atoms with Crippen molar-refractivity contribution in [1.29, 1.82) is 0 Å². The Morgan fingerprint density at radius 3 is 2.33 bits per heavy atom. The zero-order valence-corrected chi connectivity index (χ0v) is 12.4. The van der Waals surface area contributed by atoms with Crippen molar-refractivity contribution in [3.8, 4) is 0 Å². The molecule has 0 aliphatic carbocycles. The van der Waals surface area contributed by atoms with Crippen molar-refractivity contribution in [3.63, 3.8) is 0 Å². The molecule has 0 amide bonds. The minimum absolute atomic E-state index is 0.244. The van der Waals surface area contributed by atoms with Crippen molar-refractivity contribution >= 4 is 15.9 Å². The first-order chi connectivity index (χ1) is 8.74. The molecule has 0 saturated heterocycles. The van der Waals surface area contributed by atoms with Gasteiger partial charge in [-0.2, -0.15) is 0 Å². The number of halogens is 1. The lowest BCUT2D eigenvalue weighted by Crippen LogP contribution is -2.17. The Balaban J connectivity index is 2.38. The van der Waals surface area contributed by atoms with E-state index in [1.807, 2.05) is 7.05 Å². The van der Waals surface area contributed by atoms with Crippen LogP contribution in [0.1, 0.15) is 29.7 Å². The lowest BCUT2D eigenvalue weighted by molar-refractivity contribution is 0.690. The molecule has 1 nitrogen and oxygen atoms in total. The molecular weight excluding hydrogens is 286 g/mol. The van der Waals surface area contributed by atoms with Crippen molar-refractivity contribution in [3.05, 3.63) is 69.7 Å². The van der Waals surface area contributed by atoms with Crippen molar-refractivity contribution in [2.45, 2.75) is 19.4 Å². The highest BCUT2D eigenvalue weighted by molar-refractivity contribution is 9.10. The highest BCUT2D eigenvalue weighted by Crippen LogP contribution is 2.25. The molecule has 1 unspecified atom stereocenters. The van der Waals surface area contributed by atoms with Gasteiger partial charge in [0, 0.05) is 4.47 Å². The SMILES string of the molecule is CCc1cccc(C(NC)c2cccc(Br)c2)c1. The average Bonchev–Trinajstić information content (AvgIpc) is 2.40. The second kappa shape index (κ2) is 6.17. The van der Waals surface area contributed by atoms with Crippen molar-refractivity contribution in [2.75, 3.05) is 7.05 Å². The van der Waals surface area contributed by atoms with Gasteiger partial charge < -0.3 is 5.32 Å². The highest BCUT2D eigenvalue weighted by Gasteiger charge is 2.12. The van der Waals surface area contributed by atoms with E-state index >= 15 is 0 Å². The standard InChI is InChI=1S/C16H18BrN/c1-3-12-6-4-7-13(10-12)16(18-2)14-8-5-9-15(17)11-14/h4-11,16,18H,3H2,1-2H3. The molecular formula is C16H18BrN. The largest absolute Gasteiger partial charge is 0.309 e. The quantitative estimate of drug-likeness (QED) is 0.887. The lowest BCUT2D eigenvalue weighted by atomic mass is 9.97. The highest BCUT2D eigenvalue weighted by atomic mass is 79.9. The van der Waals surface area contributed by atoms with Crippen LogP contribution in [0.15, 0.2) is 53.0 Å². The molecule has 94 valence electrons. The molecule has 0 heterocycles. The van der Waals surface area contributed by atoms with Gasteiger partial charge in [0.15, 0.2) is 0 Å². The Kier molecular flexibility index (Phi) is 4.56. The minimum atomic E-state index is 0.244. The molecule has 0 spiro atoms. The van der Waals surface area contributed by atoms with Crippen LogP contribution in [0.25, 0.3) is 0 Å². The smallest absolute Gasteiger partial charge is 0.0574 e. The summed E-state index contributed by atoms with van der Waals surface area (Å²) >= 11 is 3.53. The van der Waals surface area contributed by atoms with E-state index in [4.69, 9.17) is 0 Å². The Morgan fingerprint density at radius 2 is 1.72 bits per heavy atom. The summed E-state index contributed by atoms with van der Waals surface area (Å²) < 4.78 is 1.12. The summed E-state index contributed by atoms with van der Waals surface area (Å²) in [5, 5.41) is 3.39. The van der Waals surface area contributed by atoms with Crippen LogP contribution in [0, 0.1) is 0 Å². The predicted molar refractivity (Wildman–Crippen MR) is 80.9 cm³/mol. The molecule has 0 bridgehead atoms. The van der Waals surface area contributed by atoms with Crippen LogP contribution in [0.4, 0.5) is 0 Å². The van der Waals surface area contributed by atoms with Crippen LogP contribution in [-0.2, 0) is 6.42 Å². The fraction of sp³-hybridized carbons (Fsp3) is 0.250. The van der Waals surface area contributed by atoms with Crippen molar-refractivity contribution in [1.82, 2.24) is 5.32 Å². The molecule has 0 aliphatic heterocycles. The van der Waals surface area contributed by atoms with Gasteiger partial charge in [-0.3, -0.25) is 0 Å². The Hall–Kier alpha value is -1.12. The van der Waals surface area contributed by atoms with Gasteiger partial charge in [-0.25, -0.2) is 0 Å². The van der Waals surface area contributed by atoms with Gasteiger partial charge in [0.2, 0.25) is 0 Å². The van der Waals surface area contributed by atoms with E-state index in [9.17, 15) is 0 Å². The van der Waals surface area contributed by atoms with Crippen LogP contribution in [0.2, 0.25) is 0 Å². The van der Waals surface area contributed by atoms with E-state index in [0.717, 1.165) is 10.9 Å². The number of hydrogen-bond acceptors (Lipinski definition) is 1. The molecule has 1 N–H and O–H groups in total. The van der Waals surface area contributed by atoms with Gasteiger partial charge in [-0.1, -0.05) is 59.3 Å². The molecule has 0 radical (unpaired) electrons. The first-order valence-electron chi connectivity index (χ1n) is 6.26. The van der Waals surface area contributed by atoms with Crippen LogP contribution in [-0.4, -0.2) is 7.05 Å². The summed E-state index contributed by atoms with van der Waals surface area (Å²) in [6.45, 7) is 2.19. The number of nitrogens with one attached hydrogen (secondary N) is 1. The zero-order valence-electron chi connectivity index (χ0n) is 10.8. The fourth-order valence-electron chi connectivity index (χ4n) is 2.20. The van der Waals surface area contributed by atoms with Gasteiger partial charge in [0.25, 0.3) is 0 Å². The van der Waals surface area contributed by atoms with Crippen LogP contribution < -0.4 is 5.32 Å². The van der Waals surface area contributed by atoms with E-state index in [1.165, 1.54) is 16.7 Å². The maximum Gasteiger partial charge on any atom is 0.0574 e. The fourth-order valence-corrected chi connectivity index (χ4v) is 2.62. The van der Waals surface area contributed by atoms with Crippen molar-refractivity contribution < 1.29 is 0 Å². The predicted octanol–water partition coefficient (Wildman–Crippen LogP) is 4.32. The summed E-state index contributed by atoms with van der Waals surface area (Å²) in [6.07, 6.45) is 1.07. The number of rotatable bonds is 4. The average molecular weight is 304 g/mol. The summed E-state index contributed by atoms with van der Waals surface area (Å²) in [4.78, 5) is 0. The third kappa shape index (κ3) is 3.01. The third-order valence-electron chi connectivity index (χ3n) is 3.16. The number of benzene rings is 2. The molecule has 2 heteroatoms. The number of hydrogen-bond donors (Lipinski definition) is 1. The van der Waals surface area contributed by atoms with Crippen LogP contribution in [0.3, 0.4) is 0 Å². The van der Waals surface area contributed by atoms with Gasteiger partial charge in [-0.05, 0) is 42.3 Å². The molecule has 18 heavy (non-hydrogen) atoms. The molecule has 0 aliphatic rings. The summed E-state index contributed by atoms with van der Waals surface area (Å²) in [5.74, 6) is 0. The molecule has 0 fully saturated rings. The molecule has 2 aromatic carbocycles. The van der Waals surface area contributed by atoms with E-state index in [2.05, 4.69) is 76.7 Å². The van der Waals surface area contributed by atoms with E-state index in [0.29, 0.717) is 0 Å². The normalized spacial score (nSPS) is 12.4. The molecule has 2 aromatic rings. The maximum atomic E-state index is 3.53. The van der Waals surface area contributed by atoms with Gasteiger partial charge >= 0.3 is 0 Å². The first-order valence-corrected chi connectivity index (χ1v) is 7.05. The van der Waals surface area contributed by atoms with E-state index < -0.39 is 0 Å². The second-order valence-corrected chi connectivity index (χ2v) is 5.29. The Morgan fingerprint density at radius 1 is 1.06 bits per heavy atom. The molecule has 0 saturated carbocycles. The van der Waals surface area contributed by atoms with Gasteiger partial charge in [-0.15, -0.1) is 0 Å². The second-order valence-electron chi connectivity index (χ2n) is 4.38. The summed E-state index contributed by atoms with van der Waals surface area (Å²) in [7, 11) is 2.00. The Labute approximate surface area is 117 Å². The van der Waals surface area contributed by atoms with Crippen molar-refractivity contribution in [2.24, 2.45) is 0 Å².